The van der Waals surface area contributed by atoms with Crippen LogP contribution in [0.5, 0.6) is 11.5 Å². The highest BCUT2D eigenvalue weighted by molar-refractivity contribution is 7.18. The number of benzene rings is 1. The topological polar surface area (TPSA) is 82.8 Å². The van der Waals surface area contributed by atoms with Crippen LogP contribution in [0.1, 0.15) is 28.1 Å². The van der Waals surface area contributed by atoms with E-state index >= 15 is 0 Å². The summed E-state index contributed by atoms with van der Waals surface area (Å²) >= 11 is 1.36. The van der Waals surface area contributed by atoms with Crippen molar-refractivity contribution in [1.82, 2.24) is 4.98 Å². The Balaban J connectivity index is 1.59. The van der Waals surface area contributed by atoms with E-state index in [9.17, 15) is 4.79 Å². The molecule has 0 unspecified atom stereocenters. The number of rotatable bonds is 8. The van der Waals surface area contributed by atoms with Crippen LogP contribution in [0.15, 0.2) is 41.0 Å². The standard InChI is InChI=1S/C22H24N2O5S/c1-26-17-6-3-5-15(20(17)27-2)13-23-22-24-18(16-7-4-10-29-16)21(30-22)19(25)14-8-11-28-12-9-14/h3-7,10,14H,8-9,11-13H2,1-2H3,(H,23,24). The Bertz CT molecular complexity index is 993. The molecule has 3 aromatic rings. The van der Waals surface area contributed by atoms with E-state index in [2.05, 4.69) is 10.3 Å². The second-order valence-electron chi connectivity index (χ2n) is 6.93. The Morgan fingerprint density at radius 2 is 2.03 bits per heavy atom. The Kier molecular flexibility index (Phi) is 6.35. The predicted octanol–water partition coefficient (Wildman–Crippen LogP) is 4.64. The molecule has 7 nitrogen and oxygen atoms in total. The van der Waals surface area contributed by atoms with Gasteiger partial charge in [-0.25, -0.2) is 4.98 Å². The lowest BCUT2D eigenvalue weighted by Crippen LogP contribution is -2.23. The van der Waals surface area contributed by atoms with Crippen LogP contribution >= 0.6 is 11.3 Å². The molecule has 4 rings (SSSR count). The molecule has 0 amide bonds. The first kappa shape index (κ1) is 20.4. The molecule has 1 aliphatic rings. The molecule has 1 saturated heterocycles. The SMILES string of the molecule is COc1cccc(CNc2nc(-c3ccco3)c(C(=O)C3CCOCC3)s2)c1OC. The van der Waals surface area contributed by atoms with Gasteiger partial charge in [0.15, 0.2) is 28.2 Å². The van der Waals surface area contributed by atoms with Gasteiger partial charge in [-0.05, 0) is 31.0 Å². The molecule has 1 N–H and O–H groups in total. The lowest BCUT2D eigenvalue weighted by atomic mass is 9.94. The molecule has 0 radical (unpaired) electrons. The van der Waals surface area contributed by atoms with Crippen LogP contribution in [0.4, 0.5) is 5.13 Å². The molecular weight excluding hydrogens is 404 g/mol. The Morgan fingerprint density at radius 1 is 1.20 bits per heavy atom. The van der Waals surface area contributed by atoms with E-state index in [1.807, 2.05) is 24.3 Å². The summed E-state index contributed by atoms with van der Waals surface area (Å²) in [5, 5.41) is 3.98. The van der Waals surface area contributed by atoms with Crippen molar-refractivity contribution < 1.29 is 23.4 Å². The maximum absolute atomic E-state index is 13.2. The van der Waals surface area contributed by atoms with Gasteiger partial charge < -0.3 is 23.9 Å². The number of hydrogen-bond acceptors (Lipinski definition) is 8. The van der Waals surface area contributed by atoms with Gasteiger partial charge in [-0.3, -0.25) is 4.79 Å². The lowest BCUT2D eigenvalue weighted by molar-refractivity contribution is 0.0547. The molecular formula is C22H24N2O5S. The second-order valence-corrected chi connectivity index (χ2v) is 7.93. The number of nitrogens with one attached hydrogen (secondary N) is 1. The number of carbonyl (C=O) groups excluding carboxylic acids is 1. The normalized spacial score (nSPS) is 14.5. The van der Waals surface area contributed by atoms with Crippen molar-refractivity contribution in [2.75, 3.05) is 32.8 Å². The Labute approximate surface area is 179 Å². The fourth-order valence-corrected chi connectivity index (χ4v) is 4.54. The van der Waals surface area contributed by atoms with Crippen LogP contribution in [-0.4, -0.2) is 38.2 Å². The first-order chi connectivity index (χ1) is 14.7. The number of anilines is 1. The van der Waals surface area contributed by atoms with Gasteiger partial charge in [0.25, 0.3) is 0 Å². The lowest BCUT2D eigenvalue weighted by Gasteiger charge is -2.20. The largest absolute Gasteiger partial charge is 0.493 e. The van der Waals surface area contributed by atoms with Crippen LogP contribution < -0.4 is 14.8 Å². The third kappa shape index (κ3) is 4.20. The molecule has 8 heteroatoms. The van der Waals surface area contributed by atoms with Gasteiger partial charge in [0.05, 0.1) is 20.5 Å². The van der Waals surface area contributed by atoms with E-state index in [0.717, 1.165) is 18.4 Å². The molecule has 158 valence electrons. The fraction of sp³-hybridized carbons (Fsp3) is 0.364. The highest BCUT2D eigenvalue weighted by Gasteiger charge is 2.29. The zero-order valence-electron chi connectivity index (χ0n) is 17.0. The number of hydrogen-bond donors (Lipinski definition) is 1. The third-order valence-electron chi connectivity index (χ3n) is 5.11. The van der Waals surface area contributed by atoms with E-state index in [-0.39, 0.29) is 11.7 Å². The fourth-order valence-electron chi connectivity index (χ4n) is 3.55. The van der Waals surface area contributed by atoms with Crippen LogP contribution in [0.25, 0.3) is 11.5 Å². The first-order valence-corrected chi connectivity index (χ1v) is 10.6. The minimum absolute atomic E-state index is 0.0424. The van der Waals surface area contributed by atoms with Crippen LogP contribution in [0.2, 0.25) is 0 Å². The van der Waals surface area contributed by atoms with Crippen molar-refractivity contribution >= 4 is 22.3 Å². The summed E-state index contributed by atoms with van der Waals surface area (Å²) < 4.78 is 21.8. The highest BCUT2D eigenvalue weighted by atomic mass is 32.1. The van der Waals surface area contributed by atoms with E-state index in [1.54, 1.807) is 26.5 Å². The van der Waals surface area contributed by atoms with Gasteiger partial charge in [0.2, 0.25) is 0 Å². The average molecular weight is 429 g/mol. The van der Waals surface area contributed by atoms with Crippen LogP contribution in [0.3, 0.4) is 0 Å². The third-order valence-corrected chi connectivity index (χ3v) is 6.14. The summed E-state index contributed by atoms with van der Waals surface area (Å²) in [5.74, 6) is 2.00. The molecule has 1 fully saturated rings. The summed E-state index contributed by atoms with van der Waals surface area (Å²) in [4.78, 5) is 18.5. The van der Waals surface area contributed by atoms with Crippen molar-refractivity contribution in [3.05, 3.63) is 47.0 Å². The molecule has 0 spiro atoms. The quantitative estimate of drug-likeness (QED) is 0.523. The second kappa shape index (κ2) is 9.32. The summed E-state index contributed by atoms with van der Waals surface area (Å²) in [5.41, 5.74) is 1.52. The molecule has 0 aliphatic carbocycles. The van der Waals surface area contributed by atoms with Gasteiger partial charge in [0.1, 0.15) is 10.6 Å². The first-order valence-electron chi connectivity index (χ1n) is 9.81. The number of para-hydroxylation sites is 1. The number of ether oxygens (including phenoxy) is 3. The number of methoxy groups -OCH3 is 2. The summed E-state index contributed by atoms with van der Waals surface area (Å²) in [7, 11) is 3.23. The van der Waals surface area contributed by atoms with Crippen molar-refractivity contribution in [3.8, 4) is 23.0 Å². The highest BCUT2D eigenvalue weighted by Crippen LogP contribution is 2.36. The average Bonchev–Trinajstić information content (AvgIpc) is 3.47. The van der Waals surface area contributed by atoms with Crippen molar-refractivity contribution in [3.63, 3.8) is 0 Å². The van der Waals surface area contributed by atoms with Crippen molar-refractivity contribution in [2.45, 2.75) is 19.4 Å². The Hall–Kier alpha value is -2.84. The molecule has 0 atom stereocenters. The number of furan rings is 1. The smallest absolute Gasteiger partial charge is 0.184 e. The number of aromatic nitrogens is 1. The predicted molar refractivity (Wildman–Crippen MR) is 115 cm³/mol. The summed E-state index contributed by atoms with van der Waals surface area (Å²) in [6.07, 6.45) is 3.06. The maximum atomic E-state index is 13.2. The van der Waals surface area contributed by atoms with Gasteiger partial charge in [-0.2, -0.15) is 0 Å². The van der Waals surface area contributed by atoms with Gasteiger partial charge in [-0.15, -0.1) is 0 Å². The minimum Gasteiger partial charge on any atom is -0.493 e. The molecule has 0 bridgehead atoms. The van der Waals surface area contributed by atoms with Crippen molar-refractivity contribution in [2.24, 2.45) is 5.92 Å². The van der Waals surface area contributed by atoms with Gasteiger partial charge in [-0.1, -0.05) is 23.5 Å². The molecule has 2 aromatic heterocycles. The summed E-state index contributed by atoms with van der Waals surface area (Å²) in [6.45, 7) is 1.72. The number of thiazole rings is 1. The zero-order valence-corrected chi connectivity index (χ0v) is 17.8. The van der Waals surface area contributed by atoms with Crippen molar-refractivity contribution in [1.29, 1.82) is 0 Å². The molecule has 0 saturated carbocycles. The zero-order chi connectivity index (χ0) is 20.9. The van der Waals surface area contributed by atoms with E-state index in [0.29, 0.717) is 52.7 Å². The van der Waals surface area contributed by atoms with Gasteiger partial charge in [0, 0.05) is 31.2 Å². The molecule has 3 heterocycles. The number of ketones is 1. The monoisotopic (exact) mass is 428 g/mol. The molecule has 1 aliphatic heterocycles. The minimum atomic E-state index is -0.0424. The van der Waals surface area contributed by atoms with E-state index in [4.69, 9.17) is 18.6 Å². The van der Waals surface area contributed by atoms with Crippen LogP contribution in [0, 0.1) is 5.92 Å². The summed E-state index contributed by atoms with van der Waals surface area (Å²) in [6, 6.07) is 9.35. The number of carbonyl (C=O) groups is 1. The van der Waals surface area contributed by atoms with Gasteiger partial charge >= 0.3 is 0 Å². The van der Waals surface area contributed by atoms with E-state index < -0.39 is 0 Å². The Morgan fingerprint density at radius 3 is 2.73 bits per heavy atom. The molecule has 30 heavy (non-hydrogen) atoms. The van der Waals surface area contributed by atoms with E-state index in [1.165, 1.54) is 11.3 Å². The molecule has 1 aromatic carbocycles. The number of Topliss-reactive ketones (excluding diaryl/α,β-unsaturated/α-hetero) is 1. The maximum Gasteiger partial charge on any atom is 0.184 e. The van der Waals surface area contributed by atoms with Crippen LogP contribution in [-0.2, 0) is 11.3 Å². The number of nitrogens with zero attached hydrogens (tertiary/aromatic N) is 1.